The summed E-state index contributed by atoms with van der Waals surface area (Å²) in [7, 11) is 0. The molecule has 0 saturated heterocycles. The molecule has 25 heavy (non-hydrogen) atoms. The summed E-state index contributed by atoms with van der Waals surface area (Å²) < 4.78 is 4.86. The number of benzene rings is 2. The normalized spacial score (nSPS) is 10.6. The van der Waals surface area contributed by atoms with Crippen molar-refractivity contribution in [2.24, 2.45) is 0 Å². The molecule has 0 atom stereocenters. The Morgan fingerprint density at radius 2 is 1.44 bits per heavy atom. The van der Waals surface area contributed by atoms with Crippen molar-refractivity contribution in [2.75, 3.05) is 13.2 Å². The Labute approximate surface area is 157 Å². The SMILES string of the molecule is CCOC(=O)CCNC(=O)C(c1ccc(Cl)cc1)c1ccc(Cl)cc1. The maximum atomic E-state index is 12.7. The summed E-state index contributed by atoms with van der Waals surface area (Å²) in [5, 5.41) is 3.99. The van der Waals surface area contributed by atoms with Crippen molar-refractivity contribution in [3.8, 4) is 0 Å². The van der Waals surface area contributed by atoms with Crippen LogP contribution < -0.4 is 5.32 Å². The van der Waals surface area contributed by atoms with Gasteiger partial charge in [0.25, 0.3) is 0 Å². The second kappa shape index (κ2) is 9.44. The zero-order chi connectivity index (χ0) is 18.2. The Bertz CT molecular complexity index is 669. The first-order chi connectivity index (χ1) is 12.0. The van der Waals surface area contributed by atoms with E-state index in [9.17, 15) is 9.59 Å². The fraction of sp³-hybridized carbons (Fsp3) is 0.263. The predicted octanol–water partition coefficient (Wildman–Crippen LogP) is 4.19. The van der Waals surface area contributed by atoms with Gasteiger partial charge in [0.05, 0.1) is 18.9 Å². The van der Waals surface area contributed by atoms with Gasteiger partial charge in [-0.05, 0) is 42.3 Å². The van der Waals surface area contributed by atoms with Gasteiger partial charge in [-0.15, -0.1) is 0 Å². The van der Waals surface area contributed by atoms with Crippen LogP contribution in [0.4, 0.5) is 0 Å². The first kappa shape index (κ1) is 19.3. The molecular formula is C19H19Cl2NO3. The molecule has 0 heterocycles. The van der Waals surface area contributed by atoms with E-state index in [0.717, 1.165) is 11.1 Å². The van der Waals surface area contributed by atoms with Crippen molar-refractivity contribution < 1.29 is 14.3 Å². The average Bonchev–Trinajstić information content (AvgIpc) is 2.59. The molecule has 2 aromatic carbocycles. The Balaban J connectivity index is 2.16. The van der Waals surface area contributed by atoms with E-state index in [4.69, 9.17) is 27.9 Å². The minimum atomic E-state index is -0.517. The van der Waals surface area contributed by atoms with Gasteiger partial charge < -0.3 is 10.1 Å². The molecule has 4 nitrogen and oxygen atoms in total. The third kappa shape index (κ3) is 5.76. The highest BCUT2D eigenvalue weighted by molar-refractivity contribution is 6.30. The van der Waals surface area contributed by atoms with Gasteiger partial charge in [0, 0.05) is 16.6 Å². The van der Waals surface area contributed by atoms with Crippen molar-refractivity contribution in [1.29, 1.82) is 0 Å². The van der Waals surface area contributed by atoms with Crippen LogP contribution >= 0.6 is 23.2 Å². The Kier molecular flexibility index (Phi) is 7.29. The molecule has 0 saturated carbocycles. The predicted molar refractivity (Wildman–Crippen MR) is 99.0 cm³/mol. The minimum absolute atomic E-state index is 0.132. The molecule has 132 valence electrons. The highest BCUT2D eigenvalue weighted by Crippen LogP contribution is 2.27. The number of rotatable bonds is 7. The number of hydrogen-bond donors (Lipinski definition) is 1. The quantitative estimate of drug-likeness (QED) is 0.733. The van der Waals surface area contributed by atoms with Crippen molar-refractivity contribution >= 4 is 35.1 Å². The largest absolute Gasteiger partial charge is 0.466 e. The highest BCUT2D eigenvalue weighted by Gasteiger charge is 2.22. The molecular weight excluding hydrogens is 361 g/mol. The summed E-state index contributed by atoms with van der Waals surface area (Å²) in [5.41, 5.74) is 1.61. The second-order valence-electron chi connectivity index (χ2n) is 5.38. The monoisotopic (exact) mass is 379 g/mol. The molecule has 1 amide bonds. The van der Waals surface area contributed by atoms with E-state index >= 15 is 0 Å². The summed E-state index contributed by atoms with van der Waals surface area (Å²) in [4.78, 5) is 24.1. The fourth-order valence-electron chi connectivity index (χ4n) is 2.43. The summed E-state index contributed by atoms with van der Waals surface area (Å²) in [6.07, 6.45) is 0.132. The number of hydrogen-bond acceptors (Lipinski definition) is 3. The van der Waals surface area contributed by atoms with E-state index in [1.54, 1.807) is 31.2 Å². The Hall–Kier alpha value is -2.04. The van der Waals surface area contributed by atoms with Crippen LogP contribution in [-0.2, 0) is 14.3 Å². The Morgan fingerprint density at radius 3 is 1.88 bits per heavy atom. The van der Waals surface area contributed by atoms with E-state index < -0.39 is 5.92 Å². The zero-order valence-corrected chi connectivity index (χ0v) is 15.3. The molecule has 2 rings (SSSR count). The van der Waals surface area contributed by atoms with E-state index in [1.165, 1.54) is 0 Å². The van der Waals surface area contributed by atoms with Crippen LogP contribution in [-0.4, -0.2) is 25.0 Å². The standard InChI is InChI=1S/C19H19Cl2NO3/c1-2-25-17(23)11-12-22-19(24)18(13-3-7-15(20)8-4-13)14-5-9-16(21)10-6-14/h3-10,18H,2,11-12H2,1H3,(H,22,24). The third-order valence-electron chi connectivity index (χ3n) is 3.60. The van der Waals surface area contributed by atoms with Crippen LogP contribution in [0.2, 0.25) is 10.0 Å². The van der Waals surface area contributed by atoms with Crippen molar-refractivity contribution in [1.82, 2.24) is 5.32 Å². The molecule has 0 fully saturated rings. The van der Waals surface area contributed by atoms with Crippen molar-refractivity contribution in [3.05, 3.63) is 69.7 Å². The molecule has 0 radical (unpaired) electrons. The van der Waals surface area contributed by atoms with Gasteiger partial charge in [-0.25, -0.2) is 0 Å². The lowest BCUT2D eigenvalue weighted by Gasteiger charge is -2.18. The topological polar surface area (TPSA) is 55.4 Å². The summed E-state index contributed by atoms with van der Waals surface area (Å²) in [6.45, 7) is 2.29. The first-order valence-corrected chi connectivity index (χ1v) is 8.71. The maximum Gasteiger partial charge on any atom is 0.307 e. The summed E-state index contributed by atoms with van der Waals surface area (Å²) >= 11 is 11.9. The molecule has 0 bridgehead atoms. The van der Waals surface area contributed by atoms with Gasteiger partial charge in [-0.2, -0.15) is 0 Å². The fourth-order valence-corrected chi connectivity index (χ4v) is 2.68. The van der Waals surface area contributed by atoms with E-state index in [0.29, 0.717) is 16.7 Å². The van der Waals surface area contributed by atoms with Gasteiger partial charge in [0.2, 0.25) is 5.91 Å². The lowest BCUT2D eigenvalue weighted by atomic mass is 9.90. The van der Waals surface area contributed by atoms with Gasteiger partial charge in [-0.3, -0.25) is 9.59 Å². The van der Waals surface area contributed by atoms with Crippen LogP contribution in [0.3, 0.4) is 0 Å². The van der Waals surface area contributed by atoms with Gasteiger partial charge in [0.15, 0.2) is 0 Å². The lowest BCUT2D eigenvalue weighted by Crippen LogP contribution is -2.32. The number of nitrogens with one attached hydrogen (secondary N) is 1. The number of carbonyl (C=O) groups is 2. The molecule has 2 aromatic rings. The Morgan fingerprint density at radius 1 is 0.960 bits per heavy atom. The van der Waals surface area contributed by atoms with Gasteiger partial charge in [0.1, 0.15) is 0 Å². The van der Waals surface area contributed by atoms with Crippen molar-refractivity contribution in [3.63, 3.8) is 0 Å². The zero-order valence-electron chi connectivity index (χ0n) is 13.8. The molecule has 0 spiro atoms. The van der Waals surface area contributed by atoms with Crippen LogP contribution in [0.1, 0.15) is 30.4 Å². The summed E-state index contributed by atoms with van der Waals surface area (Å²) in [6, 6.07) is 14.2. The molecule has 0 unspecified atom stereocenters. The number of esters is 1. The van der Waals surface area contributed by atoms with Gasteiger partial charge in [-0.1, -0.05) is 47.5 Å². The molecule has 0 aliphatic carbocycles. The smallest absolute Gasteiger partial charge is 0.307 e. The molecule has 0 aliphatic heterocycles. The second-order valence-corrected chi connectivity index (χ2v) is 6.26. The van der Waals surface area contributed by atoms with Gasteiger partial charge >= 0.3 is 5.97 Å². The van der Waals surface area contributed by atoms with E-state index in [2.05, 4.69) is 5.32 Å². The van der Waals surface area contributed by atoms with Crippen molar-refractivity contribution in [2.45, 2.75) is 19.3 Å². The van der Waals surface area contributed by atoms with Crippen LogP contribution in [0.15, 0.2) is 48.5 Å². The lowest BCUT2D eigenvalue weighted by molar-refractivity contribution is -0.143. The average molecular weight is 380 g/mol. The first-order valence-electron chi connectivity index (χ1n) is 7.95. The molecule has 6 heteroatoms. The van der Waals surface area contributed by atoms with Crippen LogP contribution in [0, 0.1) is 0 Å². The summed E-state index contributed by atoms with van der Waals surface area (Å²) in [5.74, 6) is -1.05. The molecule has 1 N–H and O–H groups in total. The number of halogens is 2. The van der Waals surface area contributed by atoms with Crippen LogP contribution in [0.5, 0.6) is 0 Å². The minimum Gasteiger partial charge on any atom is -0.466 e. The van der Waals surface area contributed by atoms with Crippen LogP contribution in [0.25, 0.3) is 0 Å². The maximum absolute atomic E-state index is 12.7. The highest BCUT2D eigenvalue weighted by atomic mass is 35.5. The number of amides is 1. The number of carbonyl (C=O) groups excluding carboxylic acids is 2. The number of ether oxygens (including phenoxy) is 1. The third-order valence-corrected chi connectivity index (χ3v) is 4.11. The molecule has 0 aromatic heterocycles. The van der Waals surface area contributed by atoms with E-state index in [-0.39, 0.29) is 24.8 Å². The molecule has 0 aliphatic rings. The van der Waals surface area contributed by atoms with E-state index in [1.807, 2.05) is 24.3 Å².